The molecule has 1 aliphatic rings. The first kappa shape index (κ1) is 17.6. The summed E-state index contributed by atoms with van der Waals surface area (Å²) in [5, 5.41) is 5.94. The van der Waals surface area contributed by atoms with E-state index in [1.165, 1.54) is 6.20 Å². The van der Waals surface area contributed by atoms with Crippen molar-refractivity contribution in [3.05, 3.63) is 35.5 Å². The Balaban J connectivity index is 1.77. The number of hydrogen-bond acceptors (Lipinski definition) is 5. The van der Waals surface area contributed by atoms with Gasteiger partial charge in [0.25, 0.3) is 0 Å². The fourth-order valence-electron chi connectivity index (χ4n) is 2.62. The van der Waals surface area contributed by atoms with E-state index in [1.54, 1.807) is 18.2 Å². The summed E-state index contributed by atoms with van der Waals surface area (Å²) in [7, 11) is 0. The van der Waals surface area contributed by atoms with Gasteiger partial charge in [-0.05, 0) is 18.2 Å². The molecule has 2 N–H and O–H groups in total. The maximum atomic E-state index is 14.6. The second kappa shape index (κ2) is 7.76. The van der Waals surface area contributed by atoms with Crippen molar-refractivity contribution in [2.75, 3.05) is 30.4 Å². The molecular formula is C17H18ClFN4O2. The molecule has 2 aromatic heterocycles. The monoisotopic (exact) mass is 364 g/mol. The number of amides is 1. The standard InChI is InChI=1S/C17H18ClFN4O2/c18-13-9-20-16(22-11-24)8-12(13)14-2-1-3-15(23-14)21-10-17(19)4-6-25-7-5-17/h1-3,8-9,11H,4-7,10H2,(H,21,23)(H,20,22,24). The number of carbonyl (C=O) groups is 1. The van der Waals surface area contributed by atoms with Crippen LogP contribution in [0.4, 0.5) is 16.0 Å². The largest absolute Gasteiger partial charge is 0.381 e. The molecule has 0 atom stereocenters. The molecule has 25 heavy (non-hydrogen) atoms. The molecule has 0 radical (unpaired) electrons. The average molecular weight is 365 g/mol. The summed E-state index contributed by atoms with van der Waals surface area (Å²) in [4.78, 5) is 19.1. The maximum absolute atomic E-state index is 14.6. The summed E-state index contributed by atoms with van der Waals surface area (Å²) in [6.45, 7) is 1.05. The number of nitrogens with one attached hydrogen (secondary N) is 2. The van der Waals surface area contributed by atoms with E-state index in [4.69, 9.17) is 16.3 Å². The number of alkyl halides is 1. The number of rotatable bonds is 6. The van der Waals surface area contributed by atoms with Gasteiger partial charge in [-0.25, -0.2) is 14.4 Å². The summed E-state index contributed by atoms with van der Waals surface area (Å²) in [5.41, 5.74) is -0.0531. The Morgan fingerprint density at radius 1 is 1.32 bits per heavy atom. The summed E-state index contributed by atoms with van der Waals surface area (Å²) in [6, 6.07) is 7.00. The van der Waals surface area contributed by atoms with E-state index in [2.05, 4.69) is 20.6 Å². The maximum Gasteiger partial charge on any atom is 0.212 e. The summed E-state index contributed by atoms with van der Waals surface area (Å²) >= 11 is 6.19. The molecule has 1 saturated heterocycles. The molecule has 1 aliphatic heterocycles. The van der Waals surface area contributed by atoms with Gasteiger partial charge in [-0.15, -0.1) is 0 Å². The Labute approximate surface area is 149 Å². The van der Waals surface area contributed by atoms with Crippen LogP contribution in [0, 0.1) is 0 Å². The van der Waals surface area contributed by atoms with Gasteiger partial charge in [0.05, 0.1) is 17.3 Å². The van der Waals surface area contributed by atoms with Crippen LogP contribution in [-0.4, -0.2) is 41.8 Å². The van der Waals surface area contributed by atoms with Gasteiger partial charge in [-0.2, -0.15) is 0 Å². The molecule has 0 aliphatic carbocycles. The Hall–Kier alpha value is -2.25. The van der Waals surface area contributed by atoms with E-state index in [0.29, 0.717) is 60.4 Å². The average Bonchev–Trinajstić information content (AvgIpc) is 2.63. The van der Waals surface area contributed by atoms with Crippen LogP contribution in [0.3, 0.4) is 0 Å². The summed E-state index contributed by atoms with van der Waals surface area (Å²) in [5.74, 6) is 0.929. The van der Waals surface area contributed by atoms with Crippen molar-refractivity contribution in [2.45, 2.75) is 18.5 Å². The predicted octanol–water partition coefficient (Wildman–Crippen LogP) is 3.30. The van der Waals surface area contributed by atoms with Crippen LogP contribution < -0.4 is 10.6 Å². The normalized spacial score (nSPS) is 16.2. The minimum absolute atomic E-state index is 0.175. The molecule has 8 heteroatoms. The van der Waals surface area contributed by atoms with Gasteiger partial charge in [-0.3, -0.25) is 4.79 Å². The number of nitrogens with zero attached hydrogens (tertiary/aromatic N) is 2. The number of aromatic nitrogens is 2. The number of ether oxygens (including phenoxy) is 1. The minimum Gasteiger partial charge on any atom is -0.381 e. The highest BCUT2D eigenvalue weighted by Crippen LogP contribution is 2.29. The van der Waals surface area contributed by atoms with E-state index >= 15 is 0 Å². The SMILES string of the molecule is O=CNc1cc(-c2cccc(NCC3(F)CCOCC3)n2)c(Cl)cn1. The van der Waals surface area contributed by atoms with Gasteiger partial charge in [-0.1, -0.05) is 17.7 Å². The van der Waals surface area contributed by atoms with Crippen LogP contribution in [0.1, 0.15) is 12.8 Å². The summed E-state index contributed by atoms with van der Waals surface area (Å²) < 4.78 is 19.8. The molecule has 0 aromatic carbocycles. The summed E-state index contributed by atoms with van der Waals surface area (Å²) in [6.07, 6.45) is 2.73. The van der Waals surface area contributed by atoms with Crippen LogP contribution in [0.15, 0.2) is 30.5 Å². The van der Waals surface area contributed by atoms with E-state index in [9.17, 15) is 9.18 Å². The molecule has 2 aromatic rings. The number of carbonyl (C=O) groups excluding carboxylic acids is 1. The lowest BCUT2D eigenvalue weighted by Crippen LogP contribution is -2.38. The molecule has 1 fully saturated rings. The van der Waals surface area contributed by atoms with Crippen molar-refractivity contribution in [1.82, 2.24) is 9.97 Å². The lowest BCUT2D eigenvalue weighted by molar-refractivity contribution is -0.105. The first-order valence-corrected chi connectivity index (χ1v) is 8.31. The third-order valence-electron chi connectivity index (χ3n) is 4.06. The molecule has 3 heterocycles. The highest BCUT2D eigenvalue weighted by molar-refractivity contribution is 6.33. The van der Waals surface area contributed by atoms with Gasteiger partial charge in [0.15, 0.2) is 0 Å². The highest BCUT2D eigenvalue weighted by Gasteiger charge is 2.32. The fraction of sp³-hybridized carbons (Fsp3) is 0.353. The molecule has 1 amide bonds. The Kier molecular flexibility index (Phi) is 5.45. The van der Waals surface area contributed by atoms with Crippen molar-refractivity contribution in [3.8, 4) is 11.3 Å². The lowest BCUT2D eigenvalue weighted by atomic mass is 9.96. The van der Waals surface area contributed by atoms with Crippen molar-refractivity contribution in [2.24, 2.45) is 0 Å². The molecule has 0 bridgehead atoms. The number of halogens is 2. The van der Waals surface area contributed by atoms with Gasteiger partial charge in [0.2, 0.25) is 6.41 Å². The van der Waals surface area contributed by atoms with Gasteiger partial charge in [0, 0.05) is 37.8 Å². The molecule has 0 spiro atoms. The van der Waals surface area contributed by atoms with Crippen LogP contribution in [0.2, 0.25) is 5.02 Å². The lowest BCUT2D eigenvalue weighted by Gasteiger charge is -2.29. The van der Waals surface area contributed by atoms with Gasteiger partial charge < -0.3 is 15.4 Å². The second-order valence-electron chi connectivity index (χ2n) is 5.84. The van der Waals surface area contributed by atoms with Crippen molar-refractivity contribution in [1.29, 1.82) is 0 Å². The smallest absolute Gasteiger partial charge is 0.212 e. The first-order valence-electron chi connectivity index (χ1n) is 7.93. The van der Waals surface area contributed by atoms with E-state index in [0.717, 1.165) is 0 Å². The molecule has 3 rings (SSSR count). The number of anilines is 2. The van der Waals surface area contributed by atoms with Crippen LogP contribution in [0.25, 0.3) is 11.3 Å². The Morgan fingerprint density at radius 2 is 2.12 bits per heavy atom. The van der Waals surface area contributed by atoms with Gasteiger partial charge >= 0.3 is 0 Å². The third-order valence-corrected chi connectivity index (χ3v) is 4.36. The second-order valence-corrected chi connectivity index (χ2v) is 6.24. The van der Waals surface area contributed by atoms with Crippen LogP contribution >= 0.6 is 11.6 Å². The van der Waals surface area contributed by atoms with Crippen LogP contribution in [-0.2, 0) is 9.53 Å². The first-order chi connectivity index (χ1) is 12.1. The van der Waals surface area contributed by atoms with E-state index in [1.807, 2.05) is 6.07 Å². The van der Waals surface area contributed by atoms with Crippen molar-refractivity contribution >= 4 is 29.6 Å². The molecular weight excluding hydrogens is 347 g/mol. The Bertz CT molecular complexity index is 753. The third kappa shape index (κ3) is 4.43. The zero-order chi connectivity index (χ0) is 17.7. The minimum atomic E-state index is -1.29. The fourth-order valence-corrected chi connectivity index (χ4v) is 2.82. The number of hydrogen-bond donors (Lipinski definition) is 2. The molecule has 132 valence electrons. The highest BCUT2D eigenvalue weighted by atomic mass is 35.5. The van der Waals surface area contributed by atoms with Gasteiger partial charge in [0.1, 0.15) is 17.3 Å². The molecule has 0 unspecified atom stereocenters. The quantitative estimate of drug-likeness (QED) is 0.769. The zero-order valence-corrected chi connectivity index (χ0v) is 14.2. The van der Waals surface area contributed by atoms with E-state index < -0.39 is 5.67 Å². The van der Waals surface area contributed by atoms with Crippen molar-refractivity contribution < 1.29 is 13.9 Å². The van der Waals surface area contributed by atoms with Crippen molar-refractivity contribution in [3.63, 3.8) is 0 Å². The molecule has 6 nitrogen and oxygen atoms in total. The predicted molar refractivity (Wildman–Crippen MR) is 94.5 cm³/mol. The molecule has 0 saturated carbocycles. The zero-order valence-electron chi connectivity index (χ0n) is 13.5. The number of pyridine rings is 2. The van der Waals surface area contributed by atoms with E-state index in [-0.39, 0.29) is 6.54 Å². The Morgan fingerprint density at radius 3 is 2.88 bits per heavy atom. The topological polar surface area (TPSA) is 76.1 Å². The van der Waals surface area contributed by atoms with Crippen LogP contribution in [0.5, 0.6) is 0 Å².